The van der Waals surface area contributed by atoms with Crippen LogP contribution in [0, 0.1) is 0 Å². The van der Waals surface area contributed by atoms with E-state index in [2.05, 4.69) is 20.5 Å². The van der Waals surface area contributed by atoms with Gasteiger partial charge in [-0.25, -0.2) is 4.68 Å². The highest BCUT2D eigenvalue weighted by Gasteiger charge is 2.21. The summed E-state index contributed by atoms with van der Waals surface area (Å²) in [5.41, 5.74) is 6.48. The molecule has 2 aromatic heterocycles. The van der Waals surface area contributed by atoms with Crippen molar-refractivity contribution in [2.45, 2.75) is 48.3 Å². The van der Waals surface area contributed by atoms with Gasteiger partial charge < -0.3 is 5.73 Å². The molecule has 1 aliphatic rings. The molecule has 0 amide bonds. The fourth-order valence-electron chi connectivity index (χ4n) is 2.37. The average Bonchev–Trinajstić information content (AvgIpc) is 3.09. The zero-order valence-corrected chi connectivity index (χ0v) is 11.4. The summed E-state index contributed by atoms with van der Waals surface area (Å²) in [6.45, 7) is 0.446. The van der Waals surface area contributed by atoms with Crippen LogP contribution in [0.2, 0.25) is 0 Å². The largest absolute Gasteiger partial charge is 0.325 e. The van der Waals surface area contributed by atoms with Crippen LogP contribution in [0.4, 0.5) is 0 Å². The maximum atomic E-state index is 5.60. The van der Waals surface area contributed by atoms with Gasteiger partial charge in [-0.1, -0.05) is 12.8 Å². The van der Waals surface area contributed by atoms with Crippen LogP contribution in [0.1, 0.15) is 37.4 Å². The van der Waals surface area contributed by atoms with E-state index in [0.29, 0.717) is 12.6 Å². The maximum absolute atomic E-state index is 5.60. The zero-order chi connectivity index (χ0) is 13.1. The number of aromatic nitrogens is 5. The van der Waals surface area contributed by atoms with Crippen LogP contribution in [-0.4, -0.2) is 25.2 Å². The SMILES string of the molecule is NCc1cc(Sc2nnnn2C2CCCC2)ccn1. The molecule has 7 heteroatoms. The predicted molar refractivity (Wildman–Crippen MR) is 71.6 cm³/mol. The second-order valence-electron chi connectivity index (χ2n) is 4.63. The molecule has 0 radical (unpaired) electrons. The molecule has 6 nitrogen and oxygen atoms in total. The zero-order valence-electron chi connectivity index (χ0n) is 10.6. The van der Waals surface area contributed by atoms with Crippen molar-refractivity contribution < 1.29 is 0 Å². The molecule has 2 aromatic rings. The Morgan fingerprint density at radius 3 is 3.00 bits per heavy atom. The van der Waals surface area contributed by atoms with Crippen molar-refractivity contribution in [3.05, 3.63) is 24.0 Å². The smallest absolute Gasteiger partial charge is 0.214 e. The van der Waals surface area contributed by atoms with Crippen LogP contribution >= 0.6 is 11.8 Å². The molecule has 2 N–H and O–H groups in total. The number of rotatable bonds is 4. The quantitative estimate of drug-likeness (QED) is 0.916. The molecule has 0 unspecified atom stereocenters. The molecule has 3 rings (SSSR count). The summed E-state index contributed by atoms with van der Waals surface area (Å²) in [6, 6.07) is 4.39. The van der Waals surface area contributed by atoms with Crippen LogP contribution in [0.15, 0.2) is 28.4 Å². The molecule has 0 saturated heterocycles. The van der Waals surface area contributed by atoms with Crippen LogP contribution in [0.25, 0.3) is 0 Å². The third kappa shape index (κ3) is 2.76. The van der Waals surface area contributed by atoms with Crippen molar-refractivity contribution in [1.82, 2.24) is 25.2 Å². The second-order valence-corrected chi connectivity index (χ2v) is 5.67. The Labute approximate surface area is 115 Å². The van der Waals surface area contributed by atoms with Crippen molar-refractivity contribution in [2.75, 3.05) is 0 Å². The lowest BCUT2D eigenvalue weighted by Gasteiger charge is -2.10. The first-order valence-electron chi connectivity index (χ1n) is 6.47. The standard InChI is InChI=1S/C12H16N6S/c13-8-9-7-11(5-6-14-9)19-12-15-16-17-18(12)10-3-1-2-4-10/h5-7,10H,1-4,8,13H2. The minimum absolute atomic E-state index is 0.446. The monoisotopic (exact) mass is 276 g/mol. The molecule has 1 fully saturated rings. The molecule has 0 bridgehead atoms. The summed E-state index contributed by atoms with van der Waals surface area (Å²) < 4.78 is 1.96. The number of nitrogens with zero attached hydrogens (tertiary/aromatic N) is 5. The van der Waals surface area contributed by atoms with Gasteiger partial charge in [0.05, 0.1) is 11.7 Å². The van der Waals surface area contributed by atoms with Crippen LogP contribution in [-0.2, 0) is 6.54 Å². The third-order valence-electron chi connectivity index (χ3n) is 3.34. The average molecular weight is 276 g/mol. The number of tetrazole rings is 1. The lowest BCUT2D eigenvalue weighted by atomic mass is 10.3. The van der Waals surface area contributed by atoms with Gasteiger partial charge in [-0.05, 0) is 47.2 Å². The Morgan fingerprint density at radius 2 is 2.21 bits per heavy atom. The third-order valence-corrected chi connectivity index (χ3v) is 4.28. The summed E-state index contributed by atoms with van der Waals surface area (Å²) in [6.07, 6.45) is 6.64. The lowest BCUT2D eigenvalue weighted by molar-refractivity contribution is 0.423. The van der Waals surface area contributed by atoms with Gasteiger partial charge >= 0.3 is 0 Å². The van der Waals surface area contributed by atoms with E-state index in [1.54, 1.807) is 18.0 Å². The van der Waals surface area contributed by atoms with Gasteiger partial charge in [-0.2, -0.15) is 0 Å². The Bertz CT molecular complexity index is 549. The number of hydrogen-bond donors (Lipinski definition) is 1. The first-order valence-corrected chi connectivity index (χ1v) is 7.29. The Morgan fingerprint density at radius 1 is 1.37 bits per heavy atom. The topological polar surface area (TPSA) is 82.5 Å². The predicted octanol–water partition coefficient (Wildman–Crippen LogP) is 1.79. The van der Waals surface area contributed by atoms with Crippen molar-refractivity contribution in [3.8, 4) is 0 Å². The van der Waals surface area contributed by atoms with Gasteiger partial charge in [0.25, 0.3) is 0 Å². The minimum atomic E-state index is 0.446. The first kappa shape index (κ1) is 12.6. The normalized spacial score (nSPS) is 16.1. The summed E-state index contributed by atoms with van der Waals surface area (Å²) in [4.78, 5) is 5.26. The molecule has 0 spiro atoms. The van der Waals surface area contributed by atoms with Gasteiger partial charge in [0.2, 0.25) is 5.16 Å². The fourth-order valence-corrected chi connectivity index (χ4v) is 3.26. The van der Waals surface area contributed by atoms with E-state index in [1.807, 2.05) is 16.8 Å². The fraction of sp³-hybridized carbons (Fsp3) is 0.500. The molecule has 0 atom stereocenters. The molecular formula is C12H16N6S. The van der Waals surface area contributed by atoms with Crippen molar-refractivity contribution in [3.63, 3.8) is 0 Å². The summed E-state index contributed by atoms with van der Waals surface area (Å²) in [7, 11) is 0. The molecule has 19 heavy (non-hydrogen) atoms. The van der Waals surface area contributed by atoms with E-state index < -0.39 is 0 Å². The van der Waals surface area contributed by atoms with E-state index >= 15 is 0 Å². The molecule has 100 valence electrons. The second kappa shape index (κ2) is 5.66. The molecular weight excluding hydrogens is 260 g/mol. The first-order chi connectivity index (χ1) is 9.36. The Kier molecular flexibility index (Phi) is 3.74. The van der Waals surface area contributed by atoms with E-state index in [9.17, 15) is 0 Å². The van der Waals surface area contributed by atoms with Crippen molar-refractivity contribution in [2.24, 2.45) is 5.73 Å². The Hall–Kier alpha value is -1.47. The number of nitrogens with two attached hydrogens (primary N) is 1. The van der Waals surface area contributed by atoms with E-state index in [4.69, 9.17) is 5.73 Å². The summed E-state index contributed by atoms with van der Waals surface area (Å²) >= 11 is 1.57. The molecule has 1 saturated carbocycles. The highest BCUT2D eigenvalue weighted by Crippen LogP contribution is 2.33. The molecule has 2 heterocycles. The molecule has 0 aromatic carbocycles. The summed E-state index contributed by atoms with van der Waals surface area (Å²) in [5.74, 6) is 0. The molecule has 0 aliphatic heterocycles. The van der Waals surface area contributed by atoms with Gasteiger partial charge in [-0.15, -0.1) is 5.10 Å². The van der Waals surface area contributed by atoms with Crippen LogP contribution < -0.4 is 5.73 Å². The van der Waals surface area contributed by atoms with E-state index in [1.165, 1.54) is 25.7 Å². The summed E-state index contributed by atoms with van der Waals surface area (Å²) in [5, 5.41) is 12.9. The maximum Gasteiger partial charge on any atom is 0.214 e. The van der Waals surface area contributed by atoms with Gasteiger partial charge in [0, 0.05) is 17.6 Å². The van der Waals surface area contributed by atoms with Crippen LogP contribution in [0.5, 0.6) is 0 Å². The van der Waals surface area contributed by atoms with Gasteiger partial charge in [0.1, 0.15) is 0 Å². The molecule has 1 aliphatic carbocycles. The van der Waals surface area contributed by atoms with E-state index in [0.717, 1.165) is 15.7 Å². The van der Waals surface area contributed by atoms with Gasteiger partial charge in [-0.3, -0.25) is 4.98 Å². The minimum Gasteiger partial charge on any atom is -0.325 e. The van der Waals surface area contributed by atoms with Crippen LogP contribution in [0.3, 0.4) is 0 Å². The highest BCUT2D eigenvalue weighted by atomic mass is 32.2. The number of pyridine rings is 1. The Balaban J connectivity index is 1.81. The van der Waals surface area contributed by atoms with Crippen molar-refractivity contribution in [1.29, 1.82) is 0 Å². The lowest BCUT2D eigenvalue weighted by Crippen LogP contribution is -2.08. The van der Waals surface area contributed by atoms with Gasteiger partial charge in [0.15, 0.2) is 0 Å². The van der Waals surface area contributed by atoms with E-state index in [-0.39, 0.29) is 0 Å². The number of hydrogen-bond acceptors (Lipinski definition) is 6. The van der Waals surface area contributed by atoms with Crippen molar-refractivity contribution >= 4 is 11.8 Å². The highest BCUT2D eigenvalue weighted by molar-refractivity contribution is 7.99.